The Morgan fingerprint density at radius 3 is 2.35 bits per heavy atom. The second kappa shape index (κ2) is 5.41. The Kier molecular flexibility index (Phi) is 3.84. The van der Waals surface area contributed by atoms with Crippen LogP contribution in [0.4, 0.5) is 10.1 Å². The maximum atomic E-state index is 12.8. The number of nitrogens with one attached hydrogen (secondary N) is 1. The summed E-state index contributed by atoms with van der Waals surface area (Å²) < 4.78 is 12.8. The summed E-state index contributed by atoms with van der Waals surface area (Å²) in [6, 6.07) is 9.48. The number of hydrogen-bond donors (Lipinski definition) is 1. The fourth-order valence-corrected chi connectivity index (χ4v) is 1.79. The van der Waals surface area contributed by atoms with Crippen molar-refractivity contribution in [3.8, 4) is 0 Å². The summed E-state index contributed by atoms with van der Waals surface area (Å²) in [5.74, 6) is -0.486. The smallest absolute Gasteiger partial charge is 0.234 e. The number of nitrogens with zero attached hydrogens (tertiary/aromatic N) is 1. The summed E-state index contributed by atoms with van der Waals surface area (Å²) in [5.41, 5.74) is 1.60. The van der Waals surface area contributed by atoms with Crippen molar-refractivity contribution >= 4 is 11.6 Å². The van der Waals surface area contributed by atoms with Crippen molar-refractivity contribution in [2.45, 2.75) is 26.2 Å². The standard InChI is InChI=1S/C16H17FN2O/c1-11-4-5-12(10-18-11)16(2,3)15(20)19-14-8-6-13(17)7-9-14/h4-10H,1-3H3,(H,19,20). The minimum Gasteiger partial charge on any atom is -0.325 e. The van der Waals surface area contributed by atoms with Gasteiger partial charge in [0.05, 0.1) is 5.41 Å². The molecule has 2 rings (SSSR count). The third-order valence-electron chi connectivity index (χ3n) is 3.30. The van der Waals surface area contributed by atoms with Gasteiger partial charge in [0.1, 0.15) is 5.82 Å². The van der Waals surface area contributed by atoms with E-state index in [1.54, 1.807) is 6.20 Å². The largest absolute Gasteiger partial charge is 0.325 e. The van der Waals surface area contributed by atoms with Crippen LogP contribution >= 0.6 is 0 Å². The summed E-state index contributed by atoms with van der Waals surface area (Å²) in [7, 11) is 0. The van der Waals surface area contributed by atoms with E-state index in [9.17, 15) is 9.18 Å². The van der Waals surface area contributed by atoms with Gasteiger partial charge in [-0.15, -0.1) is 0 Å². The molecule has 0 radical (unpaired) electrons. The Bertz CT molecular complexity index is 603. The van der Waals surface area contributed by atoms with Gasteiger partial charge in [-0.25, -0.2) is 4.39 Å². The molecule has 0 aliphatic rings. The third-order valence-corrected chi connectivity index (χ3v) is 3.30. The van der Waals surface area contributed by atoms with E-state index in [1.807, 2.05) is 32.9 Å². The summed E-state index contributed by atoms with van der Waals surface area (Å²) in [6.07, 6.45) is 1.71. The number of anilines is 1. The highest BCUT2D eigenvalue weighted by molar-refractivity contribution is 5.98. The Morgan fingerprint density at radius 2 is 1.80 bits per heavy atom. The number of carbonyl (C=O) groups is 1. The first kappa shape index (κ1) is 14.2. The Morgan fingerprint density at radius 1 is 1.15 bits per heavy atom. The highest BCUT2D eigenvalue weighted by Gasteiger charge is 2.30. The number of aryl methyl sites for hydroxylation is 1. The second-order valence-corrected chi connectivity index (χ2v) is 5.27. The lowest BCUT2D eigenvalue weighted by Gasteiger charge is -2.24. The van der Waals surface area contributed by atoms with Gasteiger partial charge < -0.3 is 5.32 Å². The van der Waals surface area contributed by atoms with Gasteiger partial charge in [-0.3, -0.25) is 9.78 Å². The molecular formula is C16H17FN2O. The molecule has 1 amide bonds. The van der Waals surface area contributed by atoms with Crippen LogP contribution in [0.5, 0.6) is 0 Å². The molecule has 3 nitrogen and oxygen atoms in total. The maximum Gasteiger partial charge on any atom is 0.234 e. The van der Waals surface area contributed by atoms with Crippen LogP contribution in [-0.4, -0.2) is 10.9 Å². The first-order valence-corrected chi connectivity index (χ1v) is 6.40. The Balaban J connectivity index is 2.18. The monoisotopic (exact) mass is 272 g/mol. The molecule has 20 heavy (non-hydrogen) atoms. The summed E-state index contributed by atoms with van der Waals surface area (Å²) in [4.78, 5) is 16.6. The van der Waals surface area contributed by atoms with Gasteiger partial charge in [-0.05, 0) is 56.7 Å². The van der Waals surface area contributed by atoms with Crippen molar-refractivity contribution in [2.24, 2.45) is 0 Å². The van der Waals surface area contributed by atoms with Crippen LogP contribution in [0.1, 0.15) is 25.1 Å². The molecule has 0 atom stereocenters. The molecule has 0 bridgehead atoms. The fourth-order valence-electron chi connectivity index (χ4n) is 1.79. The van der Waals surface area contributed by atoms with Crippen LogP contribution in [0.15, 0.2) is 42.6 Å². The van der Waals surface area contributed by atoms with Crippen molar-refractivity contribution in [2.75, 3.05) is 5.32 Å². The van der Waals surface area contributed by atoms with Crippen LogP contribution in [-0.2, 0) is 10.2 Å². The molecule has 0 saturated carbocycles. The number of pyridine rings is 1. The Labute approximate surface area is 117 Å². The molecule has 0 spiro atoms. The van der Waals surface area contributed by atoms with E-state index in [1.165, 1.54) is 24.3 Å². The zero-order chi connectivity index (χ0) is 14.8. The van der Waals surface area contributed by atoms with Gasteiger partial charge in [0, 0.05) is 17.6 Å². The van der Waals surface area contributed by atoms with Gasteiger partial charge in [0.25, 0.3) is 0 Å². The number of carbonyl (C=O) groups excluding carboxylic acids is 1. The first-order chi connectivity index (χ1) is 9.39. The quantitative estimate of drug-likeness (QED) is 0.930. The van der Waals surface area contributed by atoms with E-state index >= 15 is 0 Å². The SMILES string of the molecule is Cc1ccc(C(C)(C)C(=O)Nc2ccc(F)cc2)cn1. The van der Waals surface area contributed by atoms with E-state index in [0.717, 1.165) is 11.3 Å². The predicted molar refractivity (Wildman–Crippen MR) is 77.0 cm³/mol. The normalized spacial score (nSPS) is 11.2. The Hall–Kier alpha value is -2.23. The first-order valence-electron chi connectivity index (χ1n) is 6.40. The number of halogens is 1. The zero-order valence-corrected chi connectivity index (χ0v) is 11.8. The molecule has 4 heteroatoms. The molecule has 2 aromatic rings. The second-order valence-electron chi connectivity index (χ2n) is 5.27. The lowest BCUT2D eigenvalue weighted by Crippen LogP contribution is -2.34. The van der Waals surface area contributed by atoms with Crippen molar-refractivity contribution in [1.82, 2.24) is 4.98 Å². The van der Waals surface area contributed by atoms with Gasteiger partial charge in [-0.1, -0.05) is 6.07 Å². The molecule has 1 aromatic carbocycles. The molecular weight excluding hydrogens is 255 g/mol. The summed E-state index contributed by atoms with van der Waals surface area (Å²) in [6.45, 7) is 5.56. The van der Waals surface area contributed by atoms with E-state index in [2.05, 4.69) is 10.3 Å². The lowest BCUT2D eigenvalue weighted by atomic mass is 9.84. The number of aromatic nitrogens is 1. The number of amides is 1. The lowest BCUT2D eigenvalue weighted by molar-refractivity contribution is -0.120. The number of hydrogen-bond acceptors (Lipinski definition) is 2. The van der Waals surface area contributed by atoms with Crippen LogP contribution in [0.2, 0.25) is 0 Å². The molecule has 0 aliphatic carbocycles. The van der Waals surface area contributed by atoms with Crippen LogP contribution in [0, 0.1) is 12.7 Å². The molecule has 0 aliphatic heterocycles. The molecule has 0 fully saturated rings. The van der Waals surface area contributed by atoms with E-state index in [-0.39, 0.29) is 11.7 Å². The van der Waals surface area contributed by atoms with Crippen LogP contribution in [0.3, 0.4) is 0 Å². The minimum atomic E-state index is -0.713. The molecule has 1 aromatic heterocycles. The predicted octanol–water partition coefficient (Wildman–Crippen LogP) is 3.45. The minimum absolute atomic E-state index is 0.158. The van der Waals surface area contributed by atoms with E-state index < -0.39 is 5.41 Å². The highest BCUT2D eigenvalue weighted by Crippen LogP contribution is 2.24. The number of rotatable bonds is 3. The van der Waals surface area contributed by atoms with Crippen molar-refractivity contribution in [3.05, 3.63) is 59.7 Å². The summed E-state index contributed by atoms with van der Waals surface area (Å²) >= 11 is 0. The highest BCUT2D eigenvalue weighted by atomic mass is 19.1. The van der Waals surface area contributed by atoms with Gasteiger partial charge in [-0.2, -0.15) is 0 Å². The molecule has 0 unspecified atom stereocenters. The molecule has 0 saturated heterocycles. The maximum absolute atomic E-state index is 12.8. The zero-order valence-electron chi connectivity index (χ0n) is 11.8. The average Bonchev–Trinajstić information content (AvgIpc) is 2.42. The van der Waals surface area contributed by atoms with E-state index in [4.69, 9.17) is 0 Å². The third kappa shape index (κ3) is 3.02. The fraction of sp³-hybridized carbons (Fsp3) is 0.250. The van der Waals surface area contributed by atoms with Crippen LogP contribution in [0.25, 0.3) is 0 Å². The average molecular weight is 272 g/mol. The molecule has 1 heterocycles. The van der Waals surface area contributed by atoms with Crippen molar-refractivity contribution in [3.63, 3.8) is 0 Å². The molecule has 104 valence electrons. The van der Waals surface area contributed by atoms with Gasteiger partial charge >= 0.3 is 0 Å². The van der Waals surface area contributed by atoms with Gasteiger partial charge in [0.15, 0.2) is 0 Å². The summed E-state index contributed by atoms with van der Waals surface area (Å²) in [5, 5.41) is 2.79. The number of benzene rings is 1. The topological polar surface area (TPSA) is 42.0 Å². The van der Waals surface area contributed by atoms with E-state index in [0.29, 0.717) is 5.69 Å². The van der Waals surface area contributed by atoms with Crippen LogP contribution < -0.4 is 5.32 Å². The molecule has 1 N–H and O–H groups in total. The van der Waals surface area contributed by atoms with Gasteiger partial charge in [0.2, 0.25) is 5.91 Å². The van der Waals surface area contributed by atoms with Crippen molar-refractivity contribution < 1.29 is 9.18 Å². The van der Waals surface area contributed by atoms with Crippen molar-refractivity contribution in [1.29, 1.82) is 0 Å².